The van der Waals surface area contributed by atoms with E-state index in [0.29, 0.717) is 12.8 Å². The summed E-state index contributed by atoms with van der Waals surface area (Å²) in [4.78, 5) is 11.6. The Morgan fingerprint density at radius 3 is 2.25 bits per heavy atom. The van der Waals surface area contributed by atoms with Crippen LogP contribution in [-0.4, -0.2) is 38.0 Å². The van der Waals surface area contributed by atoms with Gasteiger partial charge in [-0.15, -0.1) is 0 Å². The van der Waals surface area contributed by atoms with Crippen LogP contribution >= 0.6 is 0 Å². The first-order chi connectivity index (χ1) is 7.30. The van der Waals surface area contributed by atoms with Gasteiger partial charge < -0.3 is 20.5 Å². The van der Waals surface area contributed by atoms with Gasteiger partial charge >= 0.3 is 0 Å². The van der Waals surface area contributed by atoms with E-state index in [1.807, 2.05) is 20.8 Å². The van der Waals surface area contributed by atoms with Crippen molar-refractivity contribution < 1.29 is 14.3 Å². The Morgan fingerprint density at radius 1 is 1.38 bits per heavy atom. The predicted octanol–water partition coefficient (Wildman–Crippen LogP) is 0.628. The van der Waals surface area contributed by atoms with Gasteiger partial charge in [-0.3, -0.25) is 4.79 Å². The van der Waals surface area contributed by atoms with Crippen molar-refractivity contribution in [2.45, 2.75) is 51.5 Å². The molecule has 0 fully saturated rings. The maximum Gasteiger partial charge on any atom is 0.220 e. The first-order valence-corrected chi connectivity index (χ1v) is 5.44. The van der Waals surface area contributed by atoms with E-state index in [1.165, 1.54) is 0 Å². The maximum absolute atomic E-state index is 11.6. The minimum Gasteiger partial charge on any atom is -0.354 e. The third-order valence-electron chi connectivity index (χ3n) is 2.26. The molecule has 1 unspecified atom stereocenters. The zero-order valence-corrected chi connectivity index (χ0v) is 10.9. The molecule has 0 radical (unpaired) electrons. The Balaban J connectivity index is 3.95. The molecule has 0 aromatic rings. The highest BCUT2D eigenvalue weighted by Gasteiger charge is 2.19. The molecule has 5 nitrogen and oxygen atoms in total. The van der Waals surface area contributed by atoms with Gasteiger partial charge in [-0.05, 0) is 27.2 Å². The van der Waals surface area contributed by atoms with Crippen molar-refractivity contribution in [1.82, 2.24) is 5.32 Å². The number of carbonyl (C=O) groups is 1. The lowest BCUT2D eigenvalue weighted by molar-refractivity contribution is -0.136. The molecule has 0 aromatic carbocycles. The van der Waals surface area contributed by atoms with Crippen LogP contribution in [0.3, 0.4) is 0 Å². The standard InChI is InChI=1S/C11H24N2O3/c1-8(10(15-4)16-5)13-9(14)6-7-11(2,3)12/h8,10H,6-7,12H2,1-5H3,(H,13,14). The van der Waals surface area contributed by atoms with E-state index < -0.39 is 6.29 Å². The molecule has 0 heterocycles. The molecular formula is C11H24N2O3. The van der Waals surface area contributed by atoms with E-state index in [1.54, 1.807) is 14.2 Å². The van der Waals surface area contributed by atoms with E-state index in [2.05, 4.69) is 5.32 Å². The molecule has 0 saturated heterocycles. The van der Waals surface area contributed by atoms with Crippen LogP contribution in [0.4, 0.5) is 0 Å². The number of rotatable bonds is 7. The van der Waals surface area contributed by atoms with Gasteiger partial charge in [0.25, 0.3) is 0 Å². The number of nitrogens with two attached hydrogens (primary N) is 1. The highest BCUT2D eigenvalue weighted by molar-refractivity contribution is 5.76. The normalized spacial score (nSPS) is 13.9. The van der Waals surface area contributed by atoms with E-state index >= 15 is 0 Å². The molecule has 1 atom stereocenters. The quantitative estimate of drug-likeness (QED) is 0.631. The summed E-state index contributed by atoms with van der Waals surface area (Å²) in [6.07, 6.45) is 0.638. The van der Waals surface area contributed by atoms with Crippen LogP contribution in [0, 0.1) is 0 Å². The van der Waals surface area contributed by atoms with Crippen molar-refractivity contribution in [3.63, 3.8) is 0 Å². The summed E-state index contributed by atoms with van der Waals surface area (Å²) in [5.41, 5.74) is 5.48. The van der Waals surface area contributed by atoms with Crippen LogP contribution in [-0.2, 0) is 14.3 Å². The van der Waals surface area contributed by atoms with Gasteiger partial charge in [0.2, 0.25) is 5.91 Å². The lowest BCUT2D eigenvalue weighted by Crippen LogP contribution is -2.43. The van der Waals surface area contributed by atoms with E-state index in [0.717, 1.165) is 0 Å². The first-order valence-electron chi connectivity index (χ1n) is 5.44. The fraction of sp³-hybridized carbons (Fsp3) is 0.909. The second kappa shape index (κ2) is 6.83. The van der Waals surface area contributed by atoms with Crippen LogP contribution in [0.2, 0.25) is 0 Å². The predicted molar refractivity (Wildman–Crippen MR) is 62.9 cm³/mol. The topological polar surface area (TPSA) is 73.6 Å². The fourth-order valence-electron chi connectivity index (χ4n) is 1.33. The zero-order chi connectivity index (χ0) is 12.8. The van der Waals surface area contributed by atoms with Gasteiger partial charge in [0.05, 0.1) is 6.04 Å². The summed E-state index contributed by atoms with van der Waals surface area (Å²) in [5, 5.41) is 2.81. The Labute approximate surface area is 97.7 Å². The SMILES string of the molecule is COC(OC)C(C)NC(=O)CCC(C)(C)N. The van der Waals surface area contributed by atoms with Crippen molar-refractivity contribution in [2.24, 2.45) is 5.73 Å². The number of methoxy groups -OCH3 is 2. The summed E-state index contributed by atoms with van der Waals surface area (Å²) in [6.45, 7) is 5.64. The van der Waals surface area contributed by atoms with Gasteiger partial charge in [-0.1, -0.05) is 0 Å². The van der Waals surface area contributed by atoms with Crippen molar-refractivity contribution in [3.05, 3.63) is 0 Å². The smallest absolute Gasteiger partial charge is 0.220 e. The molecule has 0 saturated carbocycles. The van der Waals surface area contributed by atoms with E-state index in [-0.39, 0.29) is 17.5 Å². The highest BCUT2D eigenvalue weighted by Crippen LogP contribution is 2.07. The summed E-state index contributed by atoms with van der Waals surface area (Å²) in [5.74, 6) is -0.0369. The second-order valence-electron chi connectivity index (χ2n) is 4.68. The third kappa shape index (κ3) is 6.76. The molecule has 16 heavy (non-hydrogen) atoms. The molecule has 0 aliphatic heterocycles. The molecule has 0 aliphatic carbocycles. The van der Waals surface area contributed by atoms with Crippen molar-refractivity contribution >= 4 is 5.91 Å². The number of ether oxygens (including phenoxy) is 2. The Kier molecular flexibility index (Phi) is 6.55. The Bertz CT molecular complexity index is 210. The third-order valence-corrected chi connectivity index (χ3v) is 2.26. The molecule has 0 bridgehead atoms. The van der Waals surface area contributed by atoms with Crippen LogP contribution in [0.15, 0.2) is 0 Å². The molecule has 0 rings (SSSR count). The number of amides is 1. The Hall–Kier alpha value is -0.650. The number of nitrogens with one attached hydrogen (secondary N) is 1. The van der Waals surface area contributed by atoms with Gasteiger partial charge in [-0.2, -0.15) is 0 Å². The fourth-order valence-corrected chi connectivity index (χ4v) is 1.33. The Morgan fingerprint density at radius 2 is 1.88 bits per heavy atom. The van der Waals surface area contributed by atoms with Gasteiger partial charge in [0.15, 0.2) is 6.29 Å². The summed E-state index contributed by atoms with van der Waals surface area (Å²) < 4.78 is 10.1. The average molecular weight is 232 g/mol. The molecule has 0 aliphatic rings. The lowest BCUT2D eigenvalue weighted by Gasteiger charge is -2.23. The molecule has 0 aromatic heterocycles. The summed E-state index contributed by atoms with van der Waals surface area (Å²) >= 11 is 0. The van der Waals surface area contributed by atoms with Crippen LogP contribution < -0.4 is 11.1 Å². The van der Waals surface area contributed by atoms with Gasteiger partial charge in [0.1, 0.15) is 0 Å². The number of hydrogen-bond donors (Lipinski definition) is 2. The minimum absolute atomic E-state index is 0.0369. The molecule has 5 heteroatoms. The van der Waals surface area contributed by atoms with Crippen molar-refractivity contribution in [1.29, 1.82) is 0 Å². The highest BCUT2D eigenvalue weighted by atomic mass is 16.7. The van der Waals surface area contributed by atoms with Gasteiger partial charge in [0, 0.05) is 26.2 Å². The van der Waals surface area contributed by atoms with E-state index in [4.69, 9.17) is 15.2 Å². The van der Waals surface area contributed by atoms with Crippen LogP contribution in [0.1, 0.15) is 33.6 Å². The minimum atomic E-state index is -0.421. The molecular weight excluding hydrogens is 208 g/mol. The maximum atomic E-state index is 11.6. The zero-order valence-electron chi connectivity index (χ0n) is 10.9. The van der Waals surface area contributed by atoms with Crippen molar-refractivity contribution in [2.75, 3.05) is 14.2 Å². The molecule has 0 spiro atoms. The van der Waals surface area contributed by atoms with E-state index in [9.17, 15) is 4.79 Å². The second-order valence-corrected chi connectivity index (χ2v) is 4.68. The number of carbonyl (C=O) groups excluding carboxylic acids is 1. The van der Waals surface area contributed by atoms with Gasteiger partial charge in [-0.25, -0.2) is 0 Å². The van der Waals surface area contributed by atoms with Crippen LogP contribution in [0.5, 0.6) is 0 Å². The summed E-state index contributed by atoms with van der Waals surface area (Å²) in [6, 6.07) is -0.177. The summed E-state index contributed by atoms with van der Waals surface area (Å²) in [7, 11) is 3.08. The van der Waals surface area contributed by atoms with Crippen molar-refractivity contribution in [3.8, 4) is 0 Å². The number of hydrogen-bond acceptors (Lipinski definition) is 4. The lowest BCUT2D eigenvalue weighted by atomic mass is 10.00. The average Bonchev–Trinajstić information content (AvgIpc) is 2.15. The van der Waals surface area contributed by atoms with Crippen LogP contribution in [0.25, 0.3) is 0 Å². The molecule has 3 N–H and O–H groups in total. The monoisotopic (exact) mass is 232 g/mol. The molecule has 1 amide bonds. The first kappa shape index (κ1) is 15.3. The largest absolute Gasteiger partial charge is 0.354 e. The molecule has 96 valence electrons.